The molecule has 0 spiro atoms. The molecule has 0 atom stereocenters. The Bertz CT molecular complexity index is 503. The highest BCUT2D eigenvalue weighted by Crippen LogP contribution is 2.20. The Morgan fingerprint density at radius 2 is 2.29 bits per heavy atom. The predicted molar refractivity (Wildman–Crippen MR) is 50.9 cm³/mol. The molecule has 2 rings (SSSR count). The van der Waals surface area contributed by atoms with Gasteiger partial charge in [0.25, 0.3) is 0 Å². The van der Waals surface area contributed by atoms with Gasteiger partial charge in [-0.25, -0.2) is 0 Å². The third-order valence-corrected chi connectivity index (χ3v) is 1.85. The van der Waals surface area contributed by atoms with Crippen LogP contribution >= 0.6 is 0 Å². The van der Waals surface area contributed by atoms with Gasteiger partial charge in [-0.15, -0.1) is 0 Å². The van der Waals surface area contributed by atoms with Crippen molar-refractivity contribution < 1.29 is 9.73 Å². The number of nitrogens with two attached hydrogens (primary N) is 2. The van der Waals surface area contributed by atoms with E-state index in [1.807, 2.05) is 0 Å². The number of oxime groups is 1. The van der Waals surface area contributed by atoms with E-state index >= 15 is 0 Å². The molecule has 0 aliphatic heterocycles. The number of fused-ring (bicyclic) bond motifs is 1. The minimum atomic E-state index is -0.0893. The number of hydrogen-bond donors (Lipinski definition) is 3. The van der Waals surface area contributed by atoms with Crippen LogP contribution in [0.5, 0.6) is 0 Å². The summed E-state index contributed by atoms with van der Waals surface area (Å²) in [5.74, 6) is -0.0893. The van der Waals surface area contributed by atoms with E-state index < -0.39 is 0 Å². The zero-order valence-electron chi connectivity index (χ0n) is 7.14. The van der Waals surface area contributed by atoms with Gasteiger partial charge in [-0.1, -0.05) is 10.3 Å². The molecule has 0 saturated heterocycles. The minimum Gasteiger partial charge on any atom is -0.409 e. The molecular weight excluding hydrogens is 184 g/mol. The van der Waals surface area contributed by atoms with Gasteiger partial charge in [-0.05, 0) is 12.1 Å². The minimum absolute atomic E-state index is 0.0893. The largest absolute Gasteiger partial charge is 0.409 e. The van der Waals surface area contributed by atoms with Crippen LogP contribution in [0.1, 0.15) is 5.69 Å². The van der Waals surface area contributed by atoms with E-state index in [2.05, 4.69) is 10.3 Å². The van der Waals surface area contributed by atoms with E-state index in [4.69, 9.17) is 21.2 Å². The van der Waals surface area contributed by atoms with Crippen molar-refractivity contribution in [3.05, 3.63) is 23.9 Å². The van der Waals surface area contributed by atoms with Crippen LogP contribution in [-0.2, 0) is 0 Å². The summed E-state index contributed by atoms with van der Waals surface area (Å²) >= 11 is 0. The lowest BCUT2D eigenvalue weighted by atomic mass is 10.2. The molecule has 1 heterocycles. The van der Waals surface area contributed by atoms with Crippen LogP contribution in [0.15, 0.2) is 27.9 Å². The highest BCUT2D eigenvalue weighted by Gasteiger charge is 2.11. The third kappa shape index (κ3) is 1.13. The third-order valence-electron chi connectivity index (χ3n) is 1.85. The fourth-order valence-corrected chi connectivity index (χ4v) is 1.19. The van der Waals surface area contributed by atoms with Gasteiger partial charge >= 0.3 is 0 Å². The number of anilines is 1. The molecule has 0 unspecified atom stereocenters. The lowest BCUT2D eigenvalue weighted by Gasteiger charge is -1.92. The highest BCUT2D eigenvalue weighted by atomic mass is 16.5. The molecule has 6 heteroatoms. The lowest BCUT2D eigenvalue weighted by molar-refractivity contribution is 0.318. The first kappa shape index (κ1) is 8.36. The van der Waals surface area contributed by atoms with Crippen LogP contribution in [0, 0.1) is 0 Å². The van der Waals surface area contributed by atoms with Crippen LogP contribution < -0.4 is 11.5 Å². The van der Waals surface area contributed by atoms with Crippen molar-refractivity contribution in [3.8, 4) is 0 Å². The van der Waals surface area contributed by atoms with Crippen molar-refractivity contribution in [1.29, 1.82) is 0 Å². The second kappa shape index (κ2) is 2.91. The molecular formula is C8H8N4O2. The molecule has 0 radical (unpaired) electrons. The Kier molecular flexibility index (Phi) is 1.74. The molecule has 0 aliphatic carbocycles. The Morgan fingerprint density at radius 1 is 1.50 bits per heavy atom. The molecule has 0 bridgehead atoms. The molecule has 2 aromatic rings. The van der Waals surface area contributed by atoms with Gasteiger partial charge < -0.3 is 21.2 Å². The number of rotatable bonds is 1. The molecule has 1 aromatic heterocycles. The molecule has 0 saturated carbocycles. The molecule has 72 valence electrons. The van der Waals surface area contributed by atoms with E-state index in [1.165, 1.54) is 0 Å². The van der Waals surface area contributed by atoms with Gasteiger partial charge in [0, 0.05) is 11.8 Å². The summed E-state index contributed by atoms with van der Waals surface area (Å²) < 4.78 is 4.95. The average molecular weight is 192 g/mol. The fraction of sp³-hybridized carbons (Fsp3) is 0. The van der Waals surface area contributed by atoms with E-state index in [-0.39, 0.29) is 5.84 Å². The van der Waals surface area contributed by atoms with Gasteiger partial charge in [0.1, 0.15) is 0 Å². The first-order chi connectivity index (χ1) is 6.72. The van der Waals surface area contributed by atoms with Crippen LogP contribution in [0.2, 0.25) is 0 Å². The van der Waals surface area contributed by atoms with Crippen LogP contribution in [0.4, 0.5) is 5.69 Å². The second-order valence-electron chi connectivity index (χ2n) is 2.77. The SMILES string of the molecule is N/C(=N/O)c1noc2cc(N)ccc12. The summed E-state index contributed by atoms with van der Waals surface area (Å²) in [7, 11) is 0. The quantitative estimate of drug-likeness (QED) is 0.200. The number of benzene rings is 1. The Balaban J connectivity index is 2.70. The van der Waals surface area contributed by atoms with Crippen molar-refractivity contribution >= 4 is 22.5 Å². The zero-order chi connectivity index (χ0) is 10.1. The fourth-order valence-electron chi connectivity index (χ4n) is 1.19. The smallest absolute Gasteiger partial charge is 0.192 e. The summed E-state index contributed by atoms with van der Waals surface area (Å²) in [5, 5.41) is 15.6. The Hall–Kier alpha value is -2.24. The van der Waals surface area contributed by atoms with Crippen molar-refractivity contribution in [2.24, 2.45) is 10.9 Å². The molecule has 0 amide bonds. The van der Waals surface area contributed by atoms with Gasteiger partial charge in [0.2, 0.25) is 0 Å². The van der Waals surface area contributed by atoms with Crippen LogP contribution in [-0.4, -0.2) is 16.2 Å². The lowest BCUT2D eigenvalue weighted by Crippen LogP contribution is -2.13. The topological polar surface area (TPSA) is 111 Å². The normalized spacial score (nSPS) is 12.1. The molecule has 5 N–H and O–H groups in total. The van der Waals surface area contributed by atoms with Gasteiger partial charge in [-0.2, -0.15) is 0 Å². The maximum Gasteiger partial charge on any atom is 0.192 e. The number of nitrogens with zero attached hydrogens (tertiary/aromatic N) is 2. The summed E-state index contributed by atoms with van der Waals surface area (Å²) in [5.41, 5.74) is 12.3. The zero-order valence-corrected chi connectivity index (χ0v) is 7.14. The molecule has 14 heavy (non-hydrogen) atoms. The monoisotopic (exact) mass is 192 g/mol. The van der Waals surface area contributed by atoms with Crippen molar-refractivity contribution in [2.75, 3.05) is 5.73 Å². The van der Waals surface area contributed by atoms with E-state index in [0.29, 0.717) is 22.4 Å². The standard InChI is InChI=1S/C8H8N4O2/c9-4-1-2-5-6(3-4)14-12-7(5)8(10)11-13/h1-3,13H,9H2,(H2,10,11). The van der Waals surface area contributed by atoms with E-state index in [9.17, 15) is 0 Å². The number of aromatic nitrogens is 1. The Labute approximate surface area is 78.8 Å². The van der Waals surface area contributed by atoms with Crippen LogP contribution in [0.3, 0.4) is 0 Å². The molecule has 1 aromatic carbocycles. The number of amidine groups is 1. The summed E-state index contributed by atoms with van der Waals surface area (Å²) in [4.78, 5) is 0. The first-order valence-electron chi connectivity index (χ1n) is 3.85. The summed E-state index contributed by atoms with van der Waals surface area (Å²) in [6.07, 6.45) is 0. The van der Waals surface area contributed by atoms with E-state index in [0.717, 1.165) is 0 Å². The highest BCUT2D eigenvalue weighted by molar-refractivity contribution is 6.06. The number of hydrogen-bond acceptors (Lipinski definition) is 5. The molecule has 6 nitrogen and oxygen atoms in total. The van der Waals surface area contributed by atoms with Crippen molar-refractivity contribution in [1.82, 2.24) is 5.16 Å². The maximum atomic E-state index is 8.48. The van der Waals surface area contributed by atoms with Crippen molar-refractivity contribution in [3.63, 3.8) is 0 Å². The predicted octanol–water partition coefficient (Wildman–Crippen LogP) is 0.504. The first-order valence-corrected chi connectivity index (χ1v) is 3.85. The summed E-state index contributed by atoms with van der Waals surface area (Å²) in [6.45, 7) is 0. The molecule has 0 fully saturated rings. The number of nitrogen functional groups attached to an aromatic ring is 1. The van der Waals surface area contributed by atoms with Gasteiger partial charge in [0.05, 0.1) is 5.39 Å². The Morgan fingerprint density at radius 3 is 3.00 bits per heavy atom. The van der Waals surface area contributed by atoms with Crippen molar-refractivity contribution in [2.45, 2.75) is 0 Å². The van der Waals surface area contributed by atoms with Crippen LogP contribution in [0.25, 0.3) is 11.0 Å². The summed E-state index contributed by atoms with van der Waals surface area (Å²) in [6, 6.07) is 5.01. The van der Waals surface area contributed by atoms with E-state index in [1.54, 1.807) is 18.2 Å². The second-order valence-corrected chi connectivity index (χ2v) is 2.77. The maximum absolute atomic E-state index is 8.48. The van der Waals surface area contributed by atoms with Gasteiger partial charge in [-0.3, -0.25) is 0 Å². The average Bonchev–Trinajstić information content (AvgIpc) is 2.59. The molecule has 0 aliphatic rings. The van der Waals surface area contributed by atoms with Gasteiger partial charge in [0.15, 0.2) is 17.1 Å².